The lowest BCUT2D eigenvalue weighted by Crippen LogP contribution is -2.40. The van der Waals surface area contributed by atoms with Crippen LogP contribution >= 0.6 is 0 Å². The van der Waals surface area contributed by atoms with Crippen LogP contribution in [0.15, 0.2) is 18.2 Å². The minimum absolute atomic E-state index is 0.00299. The van der Waals surface area contributed by atoms with E-state index in [0.29, 0.717) is 23.6 Å². The first-order valence-corrected chi connectivity index (χ1v) is 7.04. The van der Waals surface area contributed by atoms with Crippen LogP contribution in [-0.4, -0.2) is 39.1 Å². The van der Waals surface area contributed by atoms with Crippen LogP contribution in [-0.2, 0) is 4.79 Å². The standard InChI is InChI=1S/C16H24N2O4/c1-16(2,3)10-18-14(19)9-17-15(20)11-6-7-12(21-4)13(8-11)22-5/h6-8H,9-10H2,1-5H3,(H,17,20)(H,18,19). The van der Waals surface area contributed by atoms with E-state index in [0.717, 1.165) is 0 Å². The Labute approximate surface area is 131 Å². The first-order chi connectivity index (χ1) is 10.3. The van der Waals surface area contributed by atoms with Crippen molar-refractivity contribution in [2.45, 2.75) is 20.8 Å². The van der Waals surface area contributed by atoms with Crippen molar-refractivity contribution in [1.29, 1.82) is 0 Å². The van der Waals surface area contributed by atoms with E-state index in [1.165, 1.54) is 14.2 Å². The van der Waals surface area contributed by atoms with Crippen molar-refractivity contribution in [2.75, 3.05) is 27.3 Å². The zero-order valence-electron chi connectivity index (χ0n) is 13.8. The Morgan fingerprint density at radius 3 is 2.23 bits per heavy atom. The molecule has 1 aromatic rings. The summed E-state index contributed by atoms with van der Waals surface area (Å²) in [7, 11) is 3.02. The van der Waals surface area contributed by atoms with E-state index in [4.69, 9.17) is 9.47 Å². The number of hydrogen-bond acceptors (Lipinski definition) is 4. The minimum Gasteiger partial charge on any atom is -0.493 e. The van der Waals surface area contributed by atoms with E-state index in [-0.39, 0.29) is 23.8 Å². The summed E-state index contributed by atoms with van der Waals surface area (Å²) in [6.45, 7) is 6.56. The van der Waals surface area contributed by atoms with Gasteiger partial charge >= 0.3 is 0 Å². The average molecular weight is 308 g/mol. The van der Waals surface area contributed by atoms with E-state index < -0.39 is 0 Å². The van der Waals surface area contributed by atoms with Gasteiger partial charge in [-0.2, -0.15) is 0 Å². The van der Waals surface area contributed by atoms with Crippen molar-refractivity contribution in [2.24, 2.45) is 5.41 Å². The normalized spacial score (nSPS) is 10.8. The molecule has 1 rings (SSSR count). The minimum atomic E-state index is -0.341. The third-order valence-corrected chi connectivity index (χ3v) is 2.87. The third kappa shape index (κ3) is 5.63. The van der Waals surface area contributed by atoms with Gasteiger partial charge in [-0.1, -0.05) is 20.8 Å². The fraction of sp³-hybridized carbons (Fsp3) is 0.500. The second kappa shape index (κ2) is 7.68. The molecule has 6 nitrogen and oxygen atoms in total. The van der Waals surface area contributed by atoms with Crippen LogP contribution in [0.4, 0.5) is 0 Å². The molecule has 0 saturated carbocycles. The van der Waals surface area contributed by atoms with Crippen LogP contribution in [0.25, 0.3) is 0 Å². The van der Waals surface area contributed by atoms with E-state index in [1.54, 1.807) is 18.2 Å². The van der Waals surface area contributed by atoms with E-state index >= 15 is 0 Å². The molecule has 0 spiro atoms. The van der Waals surface area contributed by atoms with Crippen LogP contribution in [0.5, 0.6) is 11.5 Å². The molecule has 0 aliphatic heterocycles. The molecule has 0 atom stereocenters. The van der Waals surface area contributed by atoms with Gasteiger partial charge in [-0.15, -0.1) is 0 Å². The van der Waals surface area contributed by atoms with Gasteiger partial charge in [0.2, 0.25) is 5.91 Å². The van der Waals surface area contributed by atoms with Crippen molar-refractivity contribution in [3.8, 4) is 11.5 Å². The molecule has 122 valence electrons. The van der Waals surface area contributed by atoms with Crippen LogP contribution in [0.2, 0.25) is 0 Å². The molecule has 0 fully saturated rings. The van der Waals surface area contributed by atoms with Crippen LogP contribution < -0.4 is 20.1 Å². The Balaban J connectivity index is 2.57. The Morgan fingerprint density at radius 1 is 1.05 bits per heavy atom. The fourth-order valence-corrected chi connectivity index (χ4v) is 1.67. The molecule has 1 aromatic carbocycles. The van der Waals surface area contributed by atoms with Crippen molar-refractivity contribution >= 4 is 11.8 Å². The first-order valence-electron chi connectivity index (χ1n) is 7.04. The maximum absolute atomic E-state index is 12.0. The number of nitrogens with one attached hydrogen (secondary N) is 2. The number of carbonyl (C=O) groups is 2. The summed E-state index contributed by atoms with van der Waals surface area (Å²) in [4.78, 5) is 23.7. The molecule has 0 unspecified atom stereocenters. The highest BCUT2D eigenvalue weighted by atomic mass is 16.5. The second-order valence-electron chi connectivity index (χ2n) is 6.09. The lowest BCUT2D eigenvalue weighted by Gasteiger charge is -2.18. The zero-order chi connectivity index (χ0) is 16.8. The van der Waals surface area contributed by atoms with E-state index in [9.17, 15) is 9.59 Å². The van der Waals surface area contributed by atoms with Gasteiger partial charge in [0.05, 0.1) is 20.8 Å². The quantitative estimate of drug-likeness (QED) is 0.837. The number of benzene rings is 1. The molecule has 0 heterocycles. The van der Waals surface area contributed by atoms with Crippen molar-refractivity contribution < 1.29 is 19.1 Å². The molecule has 0 saturated heterocycles. The third-order valence-electron chi connectivity index (χ3n) is 2.87. The Bertz CT molecular complexity index is 535. The molecule has 2 N–H and O–H groups in total. The summed E-state index contributed by atoms with van der Waals surface area (Å²) in [6.07, 6.45) is 0. The van der Waals surface area contributed by atoms with Gasteiger partial charge in [-0.3, -0.25) is 9.59 Å². The maximum atomic E-state index is 12.0. The Morgan fingerprint density at radius 2 is 1.68 bits per heavy atom. The first kappa shape index (κ1) is 17.8. The SMILES string of the molecule is COc1ccc(C(=O)NCC(=O)NCC(C)(C)C)cc1OC. The lowest BCUT2D eigenvalue weighted by atomic mass is 9.97. The Hall–Kier alpha value is -2.24. The van der Waals surface area contributed by atoms with Gasteiger partial charge in [0.1, 0.15) is 0 Å². The van der Waals surface area contributed by atoms with Crippen LogP contribution in [0, 0.1) is 5.41 Å². The molecule has 0 bridgehead atoms. The Kier molecular flexibility index (Phi) is 6.22. The molecule has 22 heavy (non-hydrogen) atoms. The highest BCUT2D eigenvalue weighted by Crippen LogP contribution is 2.27. The summed E-state index contributed by atoms with van der Waals surface area (Å²) in [5, 5.41) is 5.35. The second-order valence-corrected chi connectivity index (χ2v) is 6.09. The number of carbonyl (C=O) groups excluding carboxylic acids is 2. The van der Waals surface area contributed by atoms with Crippen molar-refractivity contribution in [3.63, 3.8) is 0 Å². The highest BCUT2D eigenvalue weighted by molar-refractivity contribution is 5.97. The molecule has 0 aliphatic rings. The topological polar surface area (TPSA) is 76.7 Å². The number of rotatable bonds is 6. The number of hydrogen-bond donors (Lipinski definition) is 2. The largest absolute Gasteiger partial charge is 0.493 e. The number of ether oxygens (including phenoxy) is 2. The number of amides is 2. The maximum Gasteiger partial charge on any atom is 0.251 e. The van der Waals surface area contributed by atoms with E-state index in [2.05, 4.69) is 10.6 Å². The molecular formula is C16H24N2O4. The molecule has 0 aliphatic carbocycles. The summed E-state index contributed by atoms with van der Waals surface area (Å²) in [6, 6.07) is 4.83. The van der Waals surface area contributed by atoms with Crippen molar-refractivity contribution in [1.82, 2.24) is 10.6 Å². The van der Waals surface area contributed by atoms with Crippen LogP contribution in [0.1, 0.15) is 31.1 Å². The monoisotopic (exact) mass is 308 g/mol. The number of methoxy groups -OCH3 is 2. The molecular weight excluding hydrogens is 284 g/mol. The van der Waals surface area contributed by atoms with Gasteiger partial charge in [0.25, 0.3) is 5.91 Å². The van der Waals surface area contributed by atoms with Gasteiger partial charge in [0.15, 0.2) is 11.5 Å². The summed E-state index contributed by atoms with van der Waals surface area (Å²) >= 11 is 0. The smallest absolute Gasteiger partial charge is 0.251 e. The van der Waals surface area contributed by atoms with Gasteiger partial charge < -0.3 is 20.1 Å². The highest BCUT2D eigenvalue weighted by Gasteiger charge is 2.14. The predicted octanol–water partition coefficient (Wildman–Crippen LogP) is 1.60. The van der Waals surface area contributed by atoms with Gasteiger partial charge in [-0.05, 0) is 23.6 Å². The molecule has 0 radical (unpaired) electrons. The van der Waals surface area contributed by atoms with Crippen molar-refractivity contribution in [3.05, 3.63) is 23.8 Å². The molecule has 0 aromatic heterocycles. The lowest BCUT2D eigenvalue weighted by molar-refractivity contribution is -0.120. The fourth-order valence-electron chi connectivity index (χ4n) is 1.67. The summed E-state index contributed by atoms with van der Waals surface area (Å²) in [5.74, 6) is 0.449. The predicted molar refractivity (Wildman–Crippen MR) is 84.3 cm³/mol. The summed E-state index contributed by atoms with van der Waals surface area (Å²) < 4.78 is 10.3. The van der Waals surface area contributed by atoms with Gasteiger partial charge in [-0.25, -0.2) is 0 Å². The average Bonchev–Trinajstić information content (AvgIpc) is 2.49. The summed E-state index contributed by atoms with van der Waals surface area (Å²) in [5.41, 5.74) is 0.407. The van der Waals surface area contributed by atoms with Crippen LogP contribution in [0.3, 0.4) is 0 Å². The molecule has 6 heteroatoms. The molecule has 2 amide bonds. The van der Waals surface area contributed by atoms with E-state index in [1.807, 2.05) is 20.8 Å². The van der Waals surface area contributed by atoms with Gasteiger partial charge in [0, 0.05) is 12.1 Å². The zero-order valence-corrected chi connectivity index (χ0v) is 13.8.